The molecule has 6 nitrogen and oxygen atoms in total. The van der Waals surface area contributed by atoms with Gasteiger partial charge in [0.05, 0.1) is 41.4 Å². The lowest BCUT2D eigenvalue weighted by molar-refractivity contribution is -0.143. The van der Waals surface area contributed by atoms with Crippen LogP contribution < -0.4 is 4.74 Å². The van der Waals surface area contributed by atoms with E-state index in [2.05, 4.69) is 0 Å². The molecule has 15 heteroatoms. The van der Waals surface area contributed by atoms with Gasteiger partial charge in [-0.1, -0.05) is 18.2 Å². The van der Waals surface area contributed by atoms with E-state index < -0.39 is 71.0 Å². The maximum absolute atomic E-state index is 14.0. The molecule has 0 aromatic heterocycles. The summed E-state index contributed by atoms with van der Waals surface area (Å²) in [6.07, 6.45) is -18.1. The summed E-state index contributed by atoms with van der Waals surface area (Å²) in [5, 5.41) is 9.36. The number of nitrogens with zero attached hydrogens (tertiary/aromatic N) is 1. The minimum Gasteiger partial charge on any atom is -0.496 e. The van der Waals surface area contributed by atoms with Crippen molar-refractivity contribution >= 4 is 12.1 Å². The molecular formula is C36H28F9NO5. The number of halogens is 9. The van der Waals surface area contributed by atoms with Crippen LogP contribution in [0.1, 0.15) is 63.7 Å². The largest absolute Gasteiger partial charge is 0.496 e. The fourth-order valence-electron chi connectivity index (χ4n) is 6.10. The van der Waals surface area contributed by atoms with Crippen molar-refractivity contribution in [2.24, 2.45) is 0 Å². The Morgan fingerprint density at radius 2 is 1.37 bits per heavy atom. The van der Waals surface area contributed by atoms with Gasteiger partial charge >= 0.3 is 30.6 Å². The molecule has 0 spiro atoms. The van der Waals surface area contributed by atoms with Gasteiger partial charge in [-0.15, -0.1) is 0 Å². The Kier molecular flexibility index (Phi) is 9.33. The number of alkyl halides is 9. The van der Waals surface area contributed by atoms with Crippen molar-refractivity contribution in [1.82, 2.24) is 4.90 Å². The van der Waals surface area contributed by atoms with Crippen molar-refractivity contribution in [1.29, 1.82) is 0 Å². The molecule has 1 atom stereocenters. The Morgan fingerprint density at radius 1 is 0.784 bits per heavy atom. The topological polar surface area (TPSA) is 76.1 Å². The normalized spacial score (nSPS) is 16.3. The maximum Gasteiger partial charge on any atom is 0.416 e. The minimum absolute atomic E-state index is 0.0354. The number of hydrogen-bond donors (Lipinski definition) is 1. The summed E-state index contributed by atoms with van der Waals surface area (Å²) in [5.41, 5.74) is -4.54. The molecule has 51 heavy (non-hydrogen) atoms. The molecule has 1 unspecified atom stereocenters. The van der Waals surface area contributed by atoms with Crippen LogP contribution in [-0.4, -0.2) is 34.7 Å². The number of aryl methyl sites for hydroxylation is 1. The van der Waals surface area contributed by atoms with Gasteiger partial charge in [-0.2, -0.15) is 39.5 Å². The first-order chi connectivity index (χ1) is 23.5. The van der Waals surface area contributed by atoms with Crippen LogP contribution in [0.15, 0.2) is 72.8 Å². The van der Waals surface area contributed by atoms with Crippen LogP contribution in [-0.2, 0) is 29.8 Å². The van der Waals surface area contributed by atoms with Crippen molar-refractivity contribution in [2.75, 3.05) is 7.11 Å². The third-order valence-corrected chi connectivity index (χ3v) is 8.72. The van der Waals surface area contributed by atoms with Gasteiger partial charge in [0.1, 0.15) is 5.75 Å². The molecule has 1 fully saturated rings. The average molecular weight is 726 g/mol. The predicted octanol–water partition coefficient (Wildman–Crippen LogP) is 10.6. The molecule has 4 aromatic carbocycles. The zero-order chi connectivity index (χ0) is 37.8. The Balaban J connectivity index is 1.63. The number of hydrogen-bond acceptors (Lipinski definition) is 4. The van der Waals surface area contributed by atoms with E-state index in [9.17, 15) is 54.2 Å². The van der Waals surface area contributed by atoms with E-state index in [0.717, 1.165) is 23.1 Å². The number of ether oxygens (including phenoxy) is 2. The van der Waals surface area contributed by atoms with Crippen LogP contribution in [0.3, 0.4) is 0 Å². The first-order valence-corrected chi connectivity index (χ1v) is 15.0. The predicted molar refractivity (Wildman–Crippen MR) is 166 cm³/mol. The Bertz CT molecular complexity index is 1980. The van der Waals surface area contributed by atoms with Gasteiger partial charge in [0.2, 0.25) is 0 Å². The summed E-state index contributed by atoms with van der Waals surface area (Å²) in [6.45, 7) is 3.70. The Hall–Kier alpha value is -5.21. The van der Waals surface area contributed by atoms with Crippen LogP contribution in [0, 0.1) is 6.92 Å². The van der Waals surface area contributed by atoms with E-state index >= 15 is 0 Å². The van der Waals surface area contributed by atoms with Gasteiger partial charge in [0.25, 0.3) is 0 Å². The number of aromatic carboxylic acids is 1. The summed E-state index contributed by atoms with van der Waals surface area (Å²) in [6, 6.07) is 12.8. The highest BCUT2D eigenvalue weighted by molar-refractivity contribution is 5.89. The number of carbonyl (C=O) groups excluding carboxylic acids is 1. The summed E-state index contributed by atoms with van der Waals surface area (Å²) in [4.78, 5) is 25.7. The summed E-state index contributed by atoms with van der Waals surface area (Å²) in [7, 11) is 1.32. The number of carboxylic acid groups (broad SMARTS) is 1. The quantitative estimate of drug-likeness (QED) is 0.192. The van der Waals surface area contributed by atoms with Crippen molar-refractivity contribution in [3.63, 3.8) is 0 Å². The molecule has 1 N–H and O–H groups in total. The van der Waals surface area contributed by atoms with E-state index in [1.54, 1.807) is 31.2 Å². The number of benzene rings is 4. The minimum atomic E-state index is -5.18. The van der Waals surface area contributed by atoms with Gasteiger partial charge in [-0.25, -0.2) is 9.59 Å². The first-order valence-electron chi connectivity index (χ1n) is 15.0. The van der Waals surface area contributed by atoms with Gasteiger partial charge < -0.3 is 14.6 Å². The average Bonchev–Trinajstić information content (AvgIpc) is 3.26. The van der Waals surface area contributed by atoms with Crippen molar-refractivity contribution in [2.45, 2.75) is 57.5 Å². The fourth-order valence-corrected chi connectivity index (χ4v) is 6.10. The molecule has 1 aliphatic heterocycles. The molecule has 0 bridgehead atoms. The molecule has 1 amide bonds. The molecule has 1 saturated heterocycles. The second-order valence-corrected chi connectivity index (χ2v) is 12.5. The van der Waals surface area contributed by atoms with Gasteiger partial charge in [0.15, 0.2) is 6.10 Å². The van der Waals surface area contributed by atoms with E-state index in [-0.39, 0.29) is 34.1 Å². The van der Waals surface area contributed by atoms with E-state index in [0.29, 0.717) is 28.8 Å². The van der Waals surface area contributed by atoms with Crippen molar-refractivity contribution < 1.29 is 63.7 Å². The number of methoxy groups -OCH3 is 1. The lowest BCUT2D eigenvalue weighted by Crippen LogP contribution is -2.42. The van der Waals surface area contributed by atoms with Crippen LogP contribution in [0.5, 0.6) is 5.75 Å². The highest BCUT2D eigenvalue weighted by Crippen LogP contribution is 2.47. The summed E-state index contributed by atoms with van der Waals surface area (Å²) >= 11 is 0. The second-order valence-electron chi connectivity index (χ2n) is 12.5. The number of amides is 1. The van der Waals surface area contributed by atoms with Crippen LogP contribution in [0.25, 0.3) is 22.3 Å². The van der Waals surface area contributed by atoms with Crippen LogP contribution in [0.4, 0.5) is 44.3 Å². The highest BCUT2D eigenvalue weighted by Gasteiger charge is 2.50. The monoisotopic (exact) mass is 725 g/mol. The third-order valence-electron chi connectivity index (χ3n) is 8.72. The number of carbonyl (C=O) groups is 2. The number of carboxylic acids is 1. The fraction of sp³-hybridized carbons (Fsp3) is 0.278. The number of cyclic esters (lactones) is 1. The lowest BCUT2D eigenvalue weighted by Gasteiger charge is -2.33. The molecule has 0 saturated carbocycles. The van der Waals surface area contributed by atoms with E-state index in [1.807, 2.05) is 0 Å². The molecule has 4 aromatic rings. The van der Waals surface area contributed by atoms with Crippen LogP contribution in [0.2, 0.25) is 0 Å². The molecule has 1 heterocycles. The lowest BCUT2D eigenvalue weighted by atomic mass is 9.87. The van der Waals surface area contributed by atoms with Gasteiger partial charge in [-0.3, -0.25) is 4.90 Å². The molecular weight excluding hydrogens is 697 g/mol. The van der Waals surface area contributed by atoms with Gasteiger partial charge in [0, 0.05) is 5.56 Å². The second kappa shape index (κ2) is 12.8. The number of rotatable bonds is 7. The first kappa shape index (κ1) is 37.1. The van der Waals surface area contributed by atoms with Gasteiger partial charge in [-0.05, 0) is 109 Å². The highest BCUT2D eigenvalue weighted by atomic mass is 19.4. The van der Waals surface area contributed by atoms with E-state index in [1.165, 1.54) is 33.1 Å². The summed E-state index contributed by atoms with van der Waals surface area (Å²) in [5.74, 6) is -0.932. The smallest absolute Gasteiger partial charge is 0.416 e. The maximum atomic E-state index is 14.0. The molecule has 270 valence electrons. The Morgan fingerprint density at radius 3 is 1.90 bits per heavy atom. The molecule has 0 aliphatic carbocycles. The molecule has 0 radical (unpaired) electrons. The Labute approximate surface area is 285 Å². The molecule has 5 rings (SSSR count). The standard InChI is InChI=1S/C36H28F9NO5/c1-18-11-20(31(47)48)5-8-26(18)19-6-10-29(50-4)28(15-19)27-9-7-23(34(37,38)39)14-22(27)17-46-32(49)51-30(33(46,2)3)21-12-24(35(40,41)42)16-25(13-21)36(43,44)45/h5-16,30H,17H2,1-4H3,(H,47,48). The molecule has 1 aliphatic rings. The van der Waals surface area contributed by atoms with Crippen molar-refractivity contribution in [3.05, 3.63) is 112 Å². The summed E-state index contributed by atoms with van der Waals surface area (Å²) < 4.78 is 135. The van der Waals surface area contributed by atoms with E-state index in [4.69, 9.17) is 9.47 Å². The zero-order valence-corrected chi connectivity index (χ0v) is 27.1. The zero-order valence-electron chi connectivity index (χ0n) is 27.1. The van der Waals surface area contributed by atoms with Crippen LogP contribution >= 0.6 is 0 Å². The van der Waals surface area contributed by atoms with Crippen molar-refractivity contribution in [3.8, 4) is 28.0 Å². The SMILES string of the molecule is COc1ccc(-c2ccc(C(=O)O)cc2C)cc1-c1ccc(C(F)(F)F)cc1CN1C(=O)OC(c2cc(C(F)(F)F)cc(C(F)(F)F)c2)C1(C)C. The third kappa shape index (κ3) is 7.33.